The van der Waals surface area contributed by atoms with Crippen LogP contribution in [-0.2, 0) is 13.0 Å². The van der Waals surface area contributed by atoms with Crippen LogP contribution in [0.5, 0.6) is 5.75 Å². The fourth-order valence-electron chi connectivity index (χ4n) is 3.53. The van der Waals surface area contributed by atoms with Crippen molar-refractivity contribution in [1.82, 2.24) is 4.90 Å². The first-order valence-corrected chi connectivity index (χ1v) is 10.0. The second-order valence-corrected chi connectivity index (χ2v) is 7.28. The van der Waals surface area contributed by atoms with E-state index in [0.29, 0.717) is 18.8 Å². The highest BCUT2D eigenvalue weighted by Gasteiger charge is 2.15. The van der Waals surface area contributed by atoms with Gasteiger partial charge in [0.1, 0.15) is 5.75 Å². The largest absolute Gasteiger partial charge is 0.508 e. The lowest BCUT2D eigenvalue weighted by molar-refractivity contribution is 0.210. The van der Waals surface area contributed by atoms with E-state index in [1.165, 1.54) is 5.56 Å². The van der Waals surface area contributed by atoms with Crippen LogP contribution in [-0.4, -0.2) is 22.6 Å². The van der Waals surface area contributed by atoms with Crippen molar-refractivity contribution in [2.45, 2.75) is 13.0 Å². The first-order chi connectivity index (χ1) is 14.7. The summed E-state index contributed by atoms with van der Waals surface area (Å²) in [6.07, 6.45) is 0.775. The lowest BCUT2D eigenvalue weighted by atomic mass is 10.1. The van der Waals surface area contributed by atoms with E-state index in [1.807, 2.05) is 77.7 Å². The number of phenolic OH excluding ortho intramolecular Hbond substituents is 1. The van der Waals surface area contributed by atoms with Crippen LogP contribution >= 0.6 is 0 Å². The molecule has 0 bridgehead atoms. The van der Waals surface area contributed by atoms with Gasteiger partial charge in [-0.1, -0.05) is 78.9 Å². The van der Waals surface area contributed by atoms with E-state index < -0.39 is 0 Å². The Morgan fingerprint density at radius 2 is 1.50 bits per heavy atom. The van der Waals surface area contributed by atoms with Gasteiger partial charge >= 0.3 is 6.03 Å². The number of nitrogens with one attached hydrogen (secondary N) is 1. The maximum Gasteiger partial charge on any atom is 0.322 e. The van der Waals surface area contributed by atoms with Gasteiger partial charge in [-0.3, -0.25) is 0 Å². The second-order valence-electron chi connectivity index (χ2n) is 7.28. The highest BCUT2D eigenvalue weighted by molar-refractivity contribution is 6.02. The number of rotatable bonds is 6. The molecular weight excluding hydrogens is 372 g/mol. The molecule has 4 nitrogen and oxygen atoms in total. The average Bonchev–Trinajstić information content (AvgIpc) is 2.78. The van der Waals surface area contributed by atoms with Gasteiger partial charge in [-0.15, -0.1) is 0 Å². The topological polar surface area (TPSA) is 52.6 Å². The molecule has 0 aromatic heterocycles. The van der Waals surface area contributed by atoms with Gasteiger partial charge in [0, 0.05) is 18.5 Å². The predicted octanol–water partition coefficient (Wildman–Crippen LogP) is 5.82. The number of hydrogen-bond donors (Lipinski definition) is 2. The highest BCUT2D eigenvalue weighted by atomic mass is 16.3. The van der Waals surface area contributed by atoms with E-state index >= 15 is 0 Å². The normalized spacial score (nSPS) is 10.7. The van der Waals surface area contributed by atoms with Gasteiger partial charge < -0.3 is 15.3 Å². The minimum absolute atomic E-state index is 0.161. The molecule has 0 unspecified atom stereocenters. The Balaban J connectivity index is 1.56. The Morgan fingerprint density at radius 1 is 0.800 bits per heavy atom. The molecule has 0 aliphatic carbocycles. The van der Waals surface area contributed by atoms with Gasteiger partial charge in [-0.2, -0.15) is 0 Å². The van der Waals surface area contributed by atoms with Gasteiger partial charge in [-0.05, 0) is 41.1 Å². The van der Waals surface area contributed by atoms with Crippen LogP contribution in [0.25, 0.3) is 10.8 Å². The number of hydrogen-bond acceptors (Lipinski definition) is 2. The van der Waals surface area contributed by atoms with Crippen molar-refractivity contribution in [2.75, 3.05) is 11.9 Å². The molecule has 150 valence electrons. The molecule has 4 heteroatoms. The molecule has 0 aliphatic rings. The minimum atomic E-state index is -0.161. The molecule has 0 spiro atoms. The van der Waals surface area contributed by atoms with Crippen LogP contribution in [0.2, 0.25) is 0 Å². The summed E-state index contributed by atoms with van der Waals surface area (Å²) in [5.41, 5.74) is 2.96. The zero-order valence-corrected chi connectivity index (χ0v) is 16.7. The molecule has 4 aromatic rings. The molecule has 0 aliphatic heterocycles. The number of anilines is 1. The number of fused-ring (bicyclic) bond motifs is 1. The maximum atomic E-state index is 13.2. The van der Waals surface area contributed by atoms with E-state index in [0.717, 1.165) is 22.8 Å². The first kappa shape index (κ1) is 19.5. The Labute approximate surface area is 176 Å². The number of carbonyl (C=O) groups excluding carboxylic acids is 1. The predicted molar refractivity (Wildman–Crippen MR) is 122 cm³/mol. The standard InChI is InChI=1S/C26H24N2O2/c29-23-15-14-22-12-7-13-25(24(22)18-23)27-26(30)28(19-21-10-5-2-6-11-21)17-16-20-8-3-1-4-9-20/h1-15,18,29H,16-17,19H2,(H,27,30). The quantitative estimate of drug-likeness (QED) is 0.431. The average molecular weight is 396 g/mol. The van der Waals surface area contributed by atoms with Gasteiger partial charge in [-0.25, -0.2) is 4.79 Å². The summed E-state index contributed by atoms with van der Waals surface area (Å²) < 4.78 is 0. The van der Waals surface area contributed by atoms with E-state index in [9.17, 15) is 9.90 Å². The smallest absolute Gasteiger partial charge is 0.322 e. The molecule has 0 fully saturated rings. The zero-order valence-electron chi connectivity index (χ0n) is 16.7. The van der Waals surface area contributed by atoms with Crippen LogP contribution in [0.1, 0.15) is 11.1 Å². The number of urea groups is 1. The van der Waals surface area contributed by atoms with Crippen molar-refractivity contribution >= 4 is 22.5 Å². The number of amides is 2. The summed E-state index contributed by atoms with van der Waals surface area (Å²) in [5.74, 6) is 0.175. The van der Waals surface area contributed by atoms with Crippen molar-refractivity contribution < 1.29 is 9.90 Å². The summed E-state index contributed by atoms with van der Waals surface area (Å²) in [4.78, 5) is 15.0. The second kappa shape index (κ2) is 9.14. The molecular formula is C26H24N2O2. The summed E-state index contributed by atoms with van der Waals surface area (Å²) in [6.45, 7) is 1.12. The molecule has 4 aromatic carbocycles. The van der Waals surface area contributed by atoms with Crippen molar-refractivity contribution in [3.63, 3.8) is 0 Å². The van der Waals surface area contributed by atoms with E-state index in [-0.39, 0.29) is 11.8 Å². The third-order valence-corrected chi connectivity index (χ3v) is 5.12. The lowest BCUT2D eigenvalue weighted by Gasteiger charge is -2.24. The van der Waals surface area contributed by atoms with Gasteiger partial charge in [0.05, 0.1) is 5.69 Å². The molecule has 0 radical (unpaired) electrons. The number of nitrogens with zero attached hydrogens (tertiary/aromatic N) is 1. The number of aromatic hydroxyl groups is 1. The van der Waals surface area contributed by atoms with Crippen molar-refractivity contribution in [2.24, 2.45) is 0 Å². The van der Waals surface area contributed by atoms with Gasteiger partial charge in [0.25, 0.3) is 0 Å². The van der Waals surface area contributed by atoms with E-state index in [4.69, 9.17) is 0 Å². The number of carbonyl (C=O) groups is 1. The summed E-state index contributed by atoms with van der Waals surface area (Å²) in [5, 5.41) is 14.7. The molecule has 0 saturated carbocycles. The van der Waals surface area contributed by atoms with Gasteiger partial charge in [0.15, 0.2) is 0 Å². The molecule has 0 atom stereocenters. The Bertz CT molecular complexity index is 1130. The van der Waals surface area contributed by atoms with Gasteiger partial charge in [0.2, 0.25) is 0 Å². The highest BCUT2D eigenvalue weighted by Crippen LogP contribution is 2.27. The Hall–Kier alpha value is -3.79. The molecule has 2 N–H and O–H groups in total. The SMILES string of the molecule is O=C(Nc1cccc2ccc(O)cc12)N(CCc1ccccc1)Cc1ccccc1. The molecule has 2 amide bonds. The van der Waals surface area contributed by atoms with Crippen LogP contribution in [0.4, 0.5) is 10.5 Å². The zero-order chi connectivity index (χ0) is 20.8. The molecule has 0 heterocycles. The third-order valence-electron chi connectivity index (χ3n) is 5.12. The van der Waals surface area contributed by atoms with Crippen LogP contribution in [0.15, 0.2) is 97.1 Å². The van der Waals surface area contributed by atoms with Crippen LogP contribution < -0.4 is 5.32 Å². The fraction of sp³-hybridized carbons (Fsp3) is 0.115. The molecule has 0 saturated heterocycles. The Morgan fingerprint density at radius 3 is 2.23 bits per heavy atom. The summed E-state index contributed by atoms with van der Waals surface area (Å²) >= 11 is 0. The van der Waals surface area contributed by atoms with Crippen LogP contribution in [0, 0.1) is 0 Å². The fourth-order valence-corrected chi connectivity index (χ4v) is 3.53. The monoisotopic (exact) mass is 396 g/mol. The van der Waals surface area contributed by atoms with Crippen molar-refractivity contribution in [3.05, 3.63) is 108 Å². The van der Waals surface area contributed by atoms with Crippen molar-refractivity contribution in [1.29, 1.82) is 0 Å². The minimum Gasteiger partial charge on any atom is -0.508 e. The van der Waals surface area contributed by atoms with E-state index in [1.54, 1.807) is 12.1 Å². The lowest BCUT2D eigenvalue weighted by Crippen LogP contribution is -2.36. The Kier molecular flexibility index (Phi) is 5.95. The maximum absolute atomic E-state index is 13.2. The summed E-state index contributed by atoms with van der Waals surface area (Å²) in [6, 6.07) is 30.9. The summed E-state index contributed by atoms with van der Waals surface area (Å²) in [7, 11) is 0. The first-order valence-electron chi connectivity index (χ1n) is 10.0. The number of benzene rings is 4. The molecule has 30 heavy (non-hydrogen) atoms. The van der Waals surface area contributed by atoms with Crippen LogP contribution in [0.3, 0.4) is 0 Å². The van der Waals surface area contributed by atoms with Crippen molar-refractivity contribution in [3.8, 4) is 5.75 Å². The number of phenols is 1. The molecule has 4 rings (SSSR count). The van der Waals surface area contributed by atoms with E-state index in [2.05, 4.69) is 17.4 Å². The third kappa shape index (κ3) is 4.78.